The Bertz CT molecular complexity index is 3370. The van der Waals surface area contributed by atoms with Crippen molar-refractivity contribution in [3.8, 4) is 29.2 Å². The zero-order chi connectivity index (χ0) is 42.3. The SMILES string of the molecule is C#CCCC1=C(C)C(C2=CCC=CC=C2)(c2ccccc2)c2cccc(-c3ccc(N(c4ccc5c6ccccc6n(-c6ccccc6)c5c4)c4cccc5ccccc45)cc3)c21. The Morgan fingerprint density at radius 3 is 2.16 bits per heavy atom. The van der Waals surface area contributed by atoms with Crippen molar-refractivity contribution in [2.75, 3.05) is 4.90 Å². The Morgan fingerprint density at radius 2 is 1.33 bits per heavy atom. The van der Waals surface area contributed by atoms with E-state index < -0.39 is 5.41 Å². The largest absolute Gasteiger partial charge is 0.310 e. The summed E-state index contributed by atoms with van der Waals surface area (Å²) in [5.41, 5.74) is 16.7. The van der Waals surface area contributed by atoms with Crippen molar-refractivity contribution >= 4 is 55.2 Å². The molecule has 2 heteroatoms. The molecule has 0 N–H and O–H groups in total. The maximum atomic E-state index is 6.02. The van der Waals surface area contributed by atoms with Crippen LogP contribution in [0.2, 0.25) is 0 Å². The molecule has 1 aromatic heterocycles. The lowest BCUT2D eigenvalue weighted by atomic mass is 9.66. The predicted molar refractivity (Wildman–Crippen MR) is 267 cm³/mol. The normalized spacial score (nSPS) is 15.7. The van der Waals surface area contributed by atoms with E-state index in [2.05, 4.69) is 241 Å². The Kier molecular flexibility index (Phi) is 9.60. The van der Waals surface area contributed by atoms with Gasteiger partial charge in [-0.25, -0.2) is 0 Å². The second-order valence-electron chi connectivity index (χ2n) is 16.6. The van der Waals surface area contributed by atoms with Crippen LogP contribution in [0.4, 0.5) is 17.1 Å². The molecule has 0 fully saturated rings. The van der Waals surface area contributed by atoms with Gasteiger partial charge >= 0.3 is 0 Å². The number of nitrogens with zero attached hydrogens (tertiary/aromatic N) is 2. The van der Waals surface area contributed by atoms with Crippen LogP contribution in [0.5, 0.6) is 0 Å². The molecule has 2 aliphatic carbocycles. The fourth-order valence-corrected chi connectivity index (χ4v) is 10.6. The molecule has 0 bridgehead atoms. The first-order valence-corrected chi connectivity index (χ1v) is 22.0. The maximum absolute atomic E-state index is 6.02. The van der Waals surface area contributed by atoms with Crippen LogP contribution in [0.25, 0.3) is 55.0 Å². The Balaban J connectivity index is 1.10. The van der Waals surface area contributed by atoms with Gasteiger partial charge in [-0.1, -0.05) is 175 Å². The number of para-hydroxylation sites is 2. The number of hydrogen-bond acceptors (Lipinski definition) is 1. The summed E-state index contributed by atoms with van der Waals surface area (Å²) < 4.78 is 2.40. The molecule has 63 heavy (non-hydrogen) atoms. The zero-order valence-corrected chi connectivity index (χ0v) is 35.4. The summed E-state index contributed by atoms with van der Waals surface area (Å²) in [6.07, 6.45) is 19.7. The zero-order valence-electron chi connectivity index (χ0n) is 35.4. The summed E-state index contributed by atoms with van der Waals surface area (Å²) in [6.45, 7) is 2.34. The Morgan fingerprint density at radius 1 is 0.635 bits per heavy atom. The number of terminal acetylenes is 1. The molecule has 300 valence electrons. The average molecular weight is 807 g/mol. The summed E-state index contributed by atoms with van der Waals surface area (Å²) >= 11 is 0. The van der Waals surface area contributed by atoms with E-state index in [1.807, 2.05) is 0 Å². The minimum absolute atomic E-state index is 0.439. The highest BCUT2D eigenvalue weighted by Gasteiger charge is 2.47. The van der Waals surface area contributed by atoms with Gasteiger partial charge in [-0.3, -0.25) is 0 Å². The van der Waals surface area contributed by atoms with Crippen molar-refractivity contribution in [3.05, 3.63) is 246 Å². The second-order valence-corrected chi connectivity index (χ2v) is 16.6. The standard InChI is InChI=1S/C61H46N2/c1-3-4-29-51-43(2)61(47-25-11-7-12-26-47,46-23-9-5-6-10-24-46)56-33-20-32-53(60(51)56)45-36-38-49(39-37-45)62(57-35-19-22-44-21-15-16-30-52(44)57)50-40-41-55-54-31-17-18-34-58(54)63(59(55)42-50)48-27-13-8-14-28-48/h1,5-9,11-28,30-42H,4,10,29H2,2H3. The number of hydrogen-bond donors (Lipinski definition) is 0. The third-order valence-electron chi connectivity index (χ3n) is 13.3. The highest BCUT2D eigenvalue weighted by Crippen LogP contribution is 2.58. The van der Waals surface area contributed by atoms with E-state index in [0.717, 1.165) is 35.6 Å². The van der Waals surface area contributed by atoms with Crippen LogP contribution in [-0.2, 0) is 5.41 Å². The molecule has 9 aromatic rings. The number of anilines is 3. The van der Waals surface area contributed by atoms with Gasteiger partial charge in [0.15, 0.2) is 0 Å². The van der Waals surface area contributed by atoms with E-state index >= 15 is 0 Å². The third kappa shape index (κ3) is 6.19. The van der Waals surface area contributed by atoms with Gasteiger partial charge in [0.1, 0.15) is 0 Å². The number of fused-ring (bicyclic) bond motifs is 5. The lowest BCUT2D eigenvalue weighted by Gasteiger charge is -2.35. The van der Waals surface area contributed by atoms with Crippen LogP contribution in [-0.4, -0.2) is 4.57 Å². The van der Waals surface area contributed by atoms with Crippen LogP contribution in [0, 0.1) is 12.3 Å². The Labute approximate surface area is 370 Å². The number of benzene rings is 8. The van der Waals surface area contributed by atoms with Gasteiger partial charge in [0, 0.05) is 39.6 Å². The molecule has 0 saturated carbocycles. The lowest BCUT2D eigenvalue weighted by Crippen LogP contribution is -2.29. The summed E-state index contributed by atoms with van der Waals surface area (Å²) in [4.78, 5) is 2.43. The first kappa shape index (κ1) is 38.1. The molecule has 0 spiro atoms. The molecule has 2 aliphatic rings. The minimum atomic E-state index is -0.439. The summed E-state index contributed by atoms with van der Waals surface area (Å²) in [7, 11) is 0. The summed E-state index contributed by atoms with van der Waals surface area (Å²) in [5.74, 6) is 2.98. The second kappa shape index (κ2) is 15.9. The minimum Gasteiger partial charge on any atom is -0.310 e. The van der Waals surface area contributed by atoms with Gasteiger partial charge in [0.25, 0.3) is 0 Å². The molecule has 2 nitrogen and oxygen atoms in total. The van der Waals surface area contributed by atoms with Crippen molar-refractivity contribution < 1.29 is 0 Å². The molecule has 1 unspecified atom stereocenters. The highest BCUT2D eigenvalue weighted by molar-refractivity contribution is 6.11. The molecular weight excluding hydrogens is 761 g/mol. The van der Waals surface area contributed by atoms with E-state index in [0.29, 0.717) is 6.42 Å². The topological polar surface area (TPSA) is 8.17 Å². The Hall–Kier alpha value is -7.86. The van der Waals surface area contributed by atoms with Crippen molar-refractivity contribution in [3.63, 3.8) is 0 Å². The van der Waals surface area contributed by atoms with Gasteiger partial charge in [-0.05, 0) is 113 Å². The maximum Gasteiger partial charge on any atom is 0.0667 e. The van der Waals surface area contributed by atoms with Crippen molar-refractivity contribution in [1.82, 2.24) is 4.57 Å². The molecule has 1 atom stereocenters. The van der Waals surface area contributed by atoms with E-state index in [-0.39, 0.29) is 0 Å². The summed E-state index contributed by atoms with van der Waals surface area (Å²) in [6, 6.07) is 68.9. The van der Waals surface area contributed by atoms with Crippen LogP contribution in [0.1, 0.15) is 42.9 Å². The van der Waals surface area contributed by atoms with Gasteiger partial charge < -0.3 is 9.47 Å². The quantitative estimate of drug-likeness (QED) is 0.132. The van der Waals surface area contributed by atoms with E-state index in [9.17, 15) is 0 Å². The predicted octanol–water partition coefficient (Wildman–Crippen LogP) is 16.0. The number of aromatic nitrogens is 1. The molecule has 0 saturated heterocycles. The fourth-order valence-electron chi connectivity index (χ4n) is 10.6. The van der Waals surface area contributed by atoms with Crippen LogP contribution in [0.15, 0.2) is 230 Å². The van der Waals surface area contributed by atoms with Gasteiger partial charge in [-0.2, -0.15) is 0 Å². The van der Waals surface area contributed by atoms with Crippen molar-refractivity contribution in [1.29, 1.82) is 0 Å². The molecule has 1 heterocycles. The van der Waals surface area contributed by atoms with Gasteiger partial charge in [0.05, 0.1) is 22.1 Å². The molecule has 0 amide bonds. The fraction of sp³-hybridized carbons (Fsp3) is 0.0820. The highest BCUT2D eigenvalue weighted by atomic mass is 15.1. The number of allylic oxidation sites excluding steroid dienone is 8. The van der Waals surface area contributed by atoms with Crippen LogP contribution < -0.4 is 4.90 Å². The molecule has 11 rings (SSSR count). The smallest absolute Gasteiger partial charge is 0.0667 e. The summed E-state index contributed by atoms with van der Waals surface area (Å²) in [5, 5.41) is 4.87. The van der Waals surface area contributed by atoms with Crippen molar-refractivity contribution in [2.45, 2.75) is 31.6 Å². The molecule has 8 aromatic carbocycles. The van der Waals surface area contributed by atoms with Crippen molar-refractivity contribution in [2.24, 2.45) is 0 Å². The lowest BCUT2D eigenvalue weighted by molar-refractivity contribution is 0.737. The van der Waals surface area contributed by atoms with Crippen LogP contribution >= 0.6 is 0 Å². The van der Waals surface area contributed by atoms with Gasteiger partial charge in [0.2, 0.25) is 0 Å². The average Bonchev–Trinajstić information content (AvgIpc) is 3.62. The van der Waals surface area contributed by atoms with Crippen LogP contribution in [0.3, 0.4) is 0 Å². The molecular formula is C61H46N2. The van der Waals surface area contributed by atoms with E-state index in [1.165, 1.54) is 77.1 Å². The van der Waals surface area contributed by atoms with E-state index in [4.69, 9.17) is 6.42 Å². The third-order valence-corrected chi connectivity index (χ3v) is 13.3. The molecule has 0 radical (unpaired) electrons. The first-order valence-electron chi connectivity index (χ1n) is 22.0. The van der Waals surface area contributed by atoms with E-state index in [1.54, 1.807) is 0 Å². The monoisotopic (exact) mass is 806 g/mol. The number of rotatable bonds is 9. The molecule has 0 aliphatic heterocycles. The van der Waals surface area contributed by atoms with Gasteiger partial charge in [-0.15, -0.1) is 12.3 Å². The first-order chi connectivity index (χ1) is 31.2.